The Balaban J connectivity index is 2.09. The fraction of sp³-hybridized carbons (Fsp3) is 0.316. The van der Waals surface area contributed by atoms with E-state index in [1.807, 2.05) is 26.0 Å². The lowest BCUT2D eigenvalue weighted by Crippen LogP contribution is -2.47. The van der Waals surface area contributed by atoms with Crippen LogP contribution in [0.25, 0.3) is 0 Å². The molecule has 0 aliphatic heterocycles. The van der Waals surface area contributed by atoms with Gasteiger partial charge in [-0.3, -0.25) is 4.79 Å². The van der Waals surface area contributed by atoms with E-state index in [1.54, 1.807) is 36.4 Å². The summed E-state index contributed by atoms with van der Waals surface area (Å²) in [6.07, 6.45) is 0.480. The molecule has 2 rings (SSSR count). The predicted octanol–water partition coefficient (Wildman–Crippen LogP) is 3.04. The van der Waals surface area contributed by atoms with E-state index < -0.39 is 11.5 Å². The first-order chi connectivity index (χ1) is 11.3. The molecule has 1 atom stereocenters. The number of aromatic hydroxyl groups is 1. The predicted molar refractivity (Wildman–Crippen MR) is 95.3 cm³/mol. The summed E-state index contributed by atoms with van der Waals surface area (Å²) in [6.45, 7) is 3.48. The quantitative estimate of drug-likeness (QED) is 0.752. The third-order valence-corrected chi connectivity index (χ3v) is 4.32. The van der Waals surface area contributed by atoms with Gasteiger partial charge in [-0.05, 0) is 55.7 Å². The van der Waals surface area contributed by atoms with Gasteiger partial charge in [0.1, 0.15) is 5.75 Å². The number of hydrogen-bond acceptors (Lipinski definition) is 3. The van der Waals surface area contributed by atoms with Gasteiger partial charge in [0.15, 0.2) is 0 Å². The van der Waals surface area contributed by atoms with Crippen LogP contribution in [0.4, 0.5) is 0 Å². The monoisotopic (exact) mass is 347 g/mol. The first-order valence-corrected chi connectivity index (χ1v) is 8.16. The van der Waals surface area contributed by atoms with E-state index in [4.69, 9.17) is 11.6 Å². The van der Waals surface area contributed by atoms with E-state index in [0.717, 1.165) is 11.1 Å². The van der Waals surface area contributed by atoms with Crippen molar-refractivity contribution in [3.8, 4) is 5.75 Å². The fourth-order valence-electron chi connectivity index (χ4n) is 2.45. The van der Waals surface area contributed by atoms with Crippen molar-refractivity contribution >= 4 is 17.5 Å². The van der Waals surface area contributed by atoms with Crippen LogP contribution >= 0.6 is 11.6 Å². The normalized spacial score (nSPS) is 12.7. The summed E-state index contributed by atoms with van der Waals surface area (Å²) in [4.78, 5) is 12.7. The molecule has 0 aromatic heterocycles. The molecule has 4 nitrogen and oxygen atoms in total. The number of carbonyl (C=O) groups is 1. The summed E-state index contributed by atoms with van der Waals surface area (Å²) in [6, 6.07) is 13.5. The molecule has 0 spiro atoms. The largest absolute Gasteiger partial charge is 0.508 e. The Morgan fingerprint density at radius 3 is 2.46 bits per heavy atom. The van der Waals surface area contributed by atoms with Crippen LogP contribution in [0.1, 0.15) is 25.0 Å². The highest BCUT2D eigenvalue weighted by Gasteiger charge is 2.31. The molecule has 0 radical (unpaired) electrons. The Morgan fingerprint density at radius 1 is 1.21 bits per heavy atom. The molecule has 2 aromatic rings. The minimum atomic E-state index is -0.771. The van der Waals surface area contributed by atoms with Crippen LogP contribution in [0.3, 0.4) is 0 Å². The molecule has 0 aliphatic carbocycles. The second kappa shape index (κ2) is 7.69. The third kappa shape index (κ3) is 4.49. The number of halogens is 1. The van der Waals surface area contributed by atoms with Gasteiger partial charge in [-0.1, -0.05) is 35.9 Å². The maximum absolute atomic E-state index is 12.7. The van der Waals surface area contributed by atoms with Gasteiger partial charge >= 0.3 is 0 Å². The molecule has 0 unspecified atom stereocenters. The second-order valence-corrected chi connectivity index (χ2v) is 6.80. The molecule has 1 amide bonds. The van der Waals surface area contributed by atoms with Crippen LogP contribution in [-0.4, -0.2) is 28.8 Å². The molecule has 3 N–H and O–H groups in total. The lowest BCUT2D eigenvalue weighted by atomic mass is 9.83. The standard InChI is InChI=1S/C19H22ClNO3/c1-19(2,14-4-3-5-15(20)11-14)18(24)21-16(12-22)10-13-6-8-17(23)9-7-13/h3-9,11,16,22-23H,10,12H2,1-2H3,(H,21,24)/t16-/m0/s1. The van der Waals surface area contributed by atoms with Crippen molar-refractivity contribution in [2.24, 2.45) is 0 Å². The second-order valence-electron chi connectivity index (χ2n) is 6.36. The zero-order valence-corrected chi connectivity index (χ0v) is 14.5. The van der Waals surface area contributed by atoms with Gasteiger partial charge in [0, 0.05) is 5.02 Å². The molecule has 0 heterocycles. The Labute approximate surface area is 147 Å². The SMILES string of the molecule is CC(C)(C(=O)N[C@H](CO)Cc1ccc(O)cc1)c1cccc(Cl)c1. The van der Waals surface area contributed by atoms with Gasteiger partial charge in [0.2, 0.25) is 5.91 Å². The topological polar surface area (TPSA) is 69.6 Å². The third-order valence-electron chi connectivity index (χ3n) is 4.09. The Kier molecular flexibility index (Phi) is 5.86. The number of rotatable bonds is 6. The van der Waals surface area contributed by atoms with Gasteiger partial charge in [-0.25, -0.2) is 0 Å². The average molecular weight is 348 g/mol. The van der Waals surface area contributed by atoms with Crippen LogP contribution in [-0.2, 0) is 16.6 Å². The number of amides is 1. The molecule has 2 aromatic carbocycles. The van der Waals surface area contributed by atoms with Gasteiger partial charge in [-0.15, -0.1) is 0 Å². The summed E-state index contributed by atoms with van der Waals surface area (Å²) in [5.74, 6) is 0.00742. The number of phenols is 1. The molecule has 0 saturated carbocycles. The summed E-state index contributed by atoms with van der Waals surface area (Å²) >= 11 is 6.02. The highest BCUT2D eigenvalue weighted by atomic mass is 35.5. The molecule has 24 heavy (non-hydrogen) atoms. The van der Waals surface area contributed by atoms with Gasteiger partial charge < -0.3 is 15.5 Å². The molecular weight excluding hydrogens is 326 g/mol. The van der Waals surface area contributed by atoms with Crippen LogP contribution in [0, 0.1) is 0 Å². The number of phenolic OH excluding ortho intramolecular Hbond substituents is 1. The van der Waals surface area contributed by atoms with Gasteiger partial charge in [0.05, 0.1) is 18.1 Å². The van der Waals surface area contributed by atoms with Crippen molar-refractivity contribution in [1.82, 2.24) is 5.32 Å². The van der Waals surface area contributed by atoms with Crippen molar-refractivity contribution in [2.75, 3.05) is 6.61 Å². The van der Waals surface area contributed by atoms with Gasteiger partial charge in [0.25, 0.3) is 0 Å². The summed E-state index contributed by atoms with van der Waals surface area (Å²) in [7, 11) is 0. The fourth-order valence-corrected chi connectivity index (χ4v) is 2.64. The summed E-state index contributed by atoms with van der Waals surface area (Å²) in [5, 5.41) is 22.4. The van der Waals surface area contributed by atoms with Crippen molar-refractivity contribution in [3.63, 3.8) is 0 Å². The Hall–Kier alpha value is -2.04. The van der Waals surface area contributed by atoms with Gasteiger partial charge in [-0.2, -0.15) is 0 Å². The van der Waals surface area contributed by atoms with Crippen molar-refractivity contribution in [3.05, 3.63) is 64.7 Å². The highest BCUT2D eigenvalue weighted by Crippen LogP contribution is 2.26. The lowest BCUT2D eigenvalue weighted by molar-refractivity contribution is -0.126. The maximum atomic E-state index is 12.7. The van der Waals surface area contributed by atoms with Crippen LogP contribution in [0.2, 0.25) is 5.02 Å². The molecule has 0 bridgehead atoms. The van der Waals surface area contributed by atoms with Crippen LogP contribution in [0.5, 0.6) is 5.75 Å². The summed E-state index contributed by atoms with van der Waals surface area (Å²) < 4.78 is 0. The smallest absolute Gasteiger partial charge is 0.230 e. The van der Waals surface area contributed by atoms with E-state index >= 15 is 0 Å². The number of carbonyl (C=O) groups excluding carboxylic acids is 1. The van der Waals surface area contributed by atoms with Crippen molar-refractivity contribution in [2.45, 2.75) is 31.7 Å². The molecule has 0 saturated heterocycles. The van der Waals surface area contributed by atoms with E-state index in [9.17, 15) is 15.0 Å². The van der Waals surface area contributed by atoms with E-state index in [2.05, 4.69) is 5.32 Å². The van der Waals surface area contributed by atoms with Crippen LogP contribution < -0.4 is 5.32 Å². The molecular formula is C19H22ClNO3. The van der Waals surface area contributed by atoms with Crippen molar-refractivity contribution < 1.29 is 15.0 Å². The van der Waals surface area contributed by atoms with E-state index in [1.165, 1.54) is 0 Å². The molecule has 5 heteroatoms. The first-order valence-electron chi connectivity index (χ1n) is 7.78. The zero-order valence-electron chi connectivity index (χ0n) is 13.8. The number of aliphatic hydroxyl groups is 1. The number of hydrogen-bond donors (Lipinski definition) is 3. The first kappa shape index (κ1) is 18.3. The van der Waals surface area contributed by atoms with Crippen molar-refractivity contribution in [1.29, 1.82) is 0 Å². The highest BCUT2D eigenvalue weighted by molar-refractivity contribution is 6.30. The Bertz CT molecular complexity index is 698. The molecule has 128 valence electrons. The minimum absolute atomic E-state index is 0.168. The maximum Gasteiger partial charge on any atom is 0.230 e. The average Bonchev–Trinajstić information content (AvgIpc) is 2.56. The number of aliphatic hydroxyl groups excluding tert-OH is 1. The number of benzene rings is 2. The summed E-state index contributed by atoms with van der Waals surface area (Å²) in [5.41, 5.74) is 0.967. The zero-order chi connectivity index (χ0) is 17.7. The minimum Gasteiger partial charge on any atom is -0.508 e. The van der Waals surface area contributed by atoms with E-state index in [0.29, 0.717) is 11.4 Å². The van der Waals surface area contributed by atoms with E-state index in [-0.39, 0.29) is 18.3 Å². The molecule has 0 fully saturated rings. The Morgan fingerprint density at radius 2 is 1.88 bits per heavy atom. The number of nitrogens with one attached hydrogen (secondary N) is 1. The van der Waals surface area contributed by atoms with Crippen LogP contribution in [0.15, 0.2) is 48.5 Å². The lowest BCUT2D eigenvalue weighted by Gasteiger charge is -2.27. The molecule has 0 aliphatic rings.